The lowest BCUT2D eigenvalue weighted by atomic mass is 9.84. The lowest BCUT2D eigenvalue weighted by molar-refractivity contribution is -0.150. The summed E-state index contributed by atoms with van der Waals surface area (Å²) in [6.45, 7) is 17.0. The SMILES string of the molecule is CC(C)C(=CC[C@@H]1CCC[C@H](O[Si](c2ccccc2)(c2ccccc2)C(C)(C)C)C1)C(=O)OC(C)(C)C. The molecule has 0 N–H and O–H groups in total. The number of ether oxygens (including phenoxy) is 1. The average Bonchev–Trinajstić information content (AvgIpc) is 2.82. The molecule has 0 spiro atoms. The molecule has 0 bridgehead atoms. The molecule has 0 aromatic heterocycles. The van der Waals surface area contributed by atoms with E-state index in [2.05, 4.69) is 101 Å². The third-order valence-corrected chi connectivity index (χ3v) is 12.5. The summed E-state index contributed by atoms with van der Waals surface area (Å²) in [5, 5.41) is 2.65. The molecule has 0 amide bonds. The molecule has 3 nitrogen and oxygen atoms in total. The molecule has 1 aliphatic carbocycles. The van der Waals surface area contributed by atoms with Gasteiger partial charge in [-0.15, -0.1) is 0 Å². The largest absolute Gasteiger partial charge is 0.457 e. The van der Waals surface area contributed by atoms with Crippen molar-refractivity contribution in [2.45, 2.75) is 104 Å². The van der Waals surface area contributed by atoms with Crippen LogP contribution in [0.4, 0.5) is 0 Å². The van der Waals surface area contributed by atoms with Crippen molar-refractivity contribution < 1.29 is 14.0 Å². The number of carbonyl (C=O) groups is 1. The summed E-state index contributed by atoms with van der Waals surface area (Å²) in [7, 11) is -2.56. The highest BCUT2D eigenvalue weighted by atomic mass is 28.4. The Morgan fingerprint density at radius 3 is 1.92 bits per heavy atom. The van der Waals surface area contributed by atoms with Crippen LogP contribution in [0.15, 0.2) is 72.3 Å². The first-order valence-corrected chi connectivity index (χ1v) is 16.0. The number of carbonyl (C=O) groups excluding carboxylic acids is 1. The predicted molar refractivity (Wildman–Crippen MR) is 158 cm³/mol. The summed E-state index contributed by atoms with van der Waals surface area (Å²) in [4.78, 5) is 12.8. The first-order valence-electron chi connectivity index (χ1n) is 14.1. The first kappa shape index (κ1) is 29.4. The molecule has 2 atom stereocenters. The van der Waals surface area contributed by atoms with Crippen molar-refractivity contribution in [1.29, 1.82) is 0 Å². The molecule has 0 heterocycles. The summed E-state index contributed by atoms with van der Waals surface area (Å²) in [6, 6.07) is 21.8. The van der Waals surface area contributed by atoms with E-state index in [4.69, 9.17) is 9.16 Å². The summed E-state index contributed by atoms with van der Waals surface area (Å²) >= 11 is 0. The third kappa shape index (κ3) is 7.45. The fourth-order valence-electron chi connectivity index (χ4n) is 5.69. The molecular weight excluding hydrogens is 472 g/mol. The molecule has 3 rings (SSSR count). The van der Waals surface area contributed by atoms with Crippen LogP contribution in [0.25, 0.3) is 0 Å². The van der Waals surface area contributed by atoms with E-state index in [1.165, 1.54) is 16.8 Å². The molecule has 1 aliphatic rings. The Labute approximate surface area is 226 Å². The number of hydrogen-bond donors (Lipinski definition) is 0. The minimum atomic E-state index is -2.56. The zero-order chi connectivity index (χ0) is 27.3. The Hall–Kier alpha value is -2.17. The van der Waals surface area contributed by atoms with Crippen molar-refractivity contribution in [3.63, 3.8) is 0 Å². The zero-order valence-electron chi connectivity index (χ0n) is 24.3. The molecule has 0 aliphatic heterocycles. The Morgan fingerprint density at radius 1 is 0.919 bits per heavy atom. The summed E-state index contributed by atoms with van der Waals surface area (Å²) in [5.41, 5.74) is 0.315. The first-order chi connectivity index (χ1) is 17.3. The molecule has 2 aromatic rings. The molecule has 1 saturated carbocycles. The van der Waals surface area contributed by atoms with Gasteiger partial charge in [-0.3, -0.25) is 0 Å². The Bertz CT molecular complexity index is 989. The van der Waals surface area contributed by atoms with Crippen molar-refractivity contribution in [2.75, 3.05) is 0 Å². The maximum absolute atomic E-state index is 12.8. The Balaban J connectivity index is 1.87. The van der Waals surface area contributed by atoms with Crippen LogP contribution in [-0.2, 0) is 14.0 Å². The average molecular weight is 521 g/mol. The second-order valence-electron chi connectivity index (χ2n) is 13.0. The predicted octanol–water partition coefficient (Wildman–Crippen LogP) is 7.44. The van der Waals surface area contributed by atoms with Gasteiger partial charge in [-0.05, 0) is 73.7 Å². The van der Waals surface area contributed by atoms with E-state index in [0.717, 1.165) is 31.3 Å². The minimum absolute atomic E-state index is 0.0237. The number of hydrogen-bond acceptors (Lipinski definition) is 3. The fraction of sp³-hybridized carbons (Fsp3) is 0.545. The van der Waals surface area contributed by atoms with Gasteiger partial charge in [0.2, 0.25) is 0 Å². The zero-order valence-corrected chi connectivity index (χ0v) is 25.3. The van der Waals surface area contributed by atoms with E-state index >= 15 is 0 Å². The number of esters is 1. The highest BCUT2D eigenvalue weighted by molar-refractivity contribution is 6.99. The van der Waals surface area contributed by atoms with Crippen molar-refractivity contribution in [1.82, 2.24) is 0 Å². The van der Waals surface area contributed by atoms with Crippen LogP contribution in [0.5, 0.6) is 0 Å². The van der Waals surface area contributed by atoms with Crippen molar-refractivity contribution in [3.05, 3.63) is 72.3 Å². The van der Waals surface area contributed by atoms with E-state index in [1.54, 1.807) is 0 Å². The summed E-state index contributed by atoms with van der Waals surface area (Å²) in [5.74, 6) is 0.467. The fourth-order valence-corrected chi connectivity index (χ4v) is 10.4. The van der Waals surface area contributed by atoms with E-state index in [1.807, 2.05) is 20.8 Å². The van der Waals surface area contributed by atoms with Gasteiger partial charge in [0.15, 0.2) is 0 Å². The number of rotatable bonds is 8. The maximum atomic E-state index is 12.8. The molecule has 4 heteroatoms. The smallest absolute Gasteiger partial charge is 0.334 e. The number of benzene rings is 2. The van der Waals surface area contributed by atoms with Gasteiger partial charge in [-0.25, -0.2) is 4.79 Å². The second-order valence-corrected chi connectivity index (χ2v) is 17.2. The lowest BCUT2D eigenvalue weighted by Gasteiger charge is -2.46. The van der Waals surface area contributed by atoms with E-state index in [9.17, 15) is 4.79 Å². The van der Waals surface area contributed by atoms with Crippen LogP contribution in [0.2, 0.25) is 5.04 Å². The quantitative estimate of drug-likeness (QED) is 0.206. The van der Waals surface area contributed by atoms with Gasteiger partial charge in [0.05, 0.1) is 0 Å². The maximum Gasteiger partial charge on any atom is 0.334 e. The topological polar surface area (TPSA) is 35.5 Å². The molecule has 37 heavy (non-hydrogen) atoms. The van der Waals surface area contributed by atoms with Crippen LogP contribution in [-0.4, -0.2) is 26.0 Å². The second kappa shape index (κ2) is 12.1. The standard InChI is InChI=1S/C33H48O3Si/c1-25(2)30(31(34)35-32(3,4)5)23-22-26-16-15-17-27(24-26)36-37(33(6,7)8,28-18-11-9-12-19-28)29-20-13-10-14-21-29/h9-14,18-21,23,25-27H,15-17,22,24H2,1-8H3/t26-,27-/m0/s1. The van der Waals surface area contributed by atoms with Gasteiger partial charge in [-0.2, -0.15) is 0 Å². The van der Waals surface area contributed by atoms with Crippen LogP contribution < -0.4 is 10.4 Å². The summed E-state index contributed by atoms with van der Waals surface area (Å²) in [6.07, 6.45) is 7.71. The highest BCUT2D eigenvalue weighted by Crippen LogP contribution is 2.40. The molecule has 202 valence electrons. The molecular formula is C33H48O3Si. The van der Waals surface area contributed by atoms with Crippen LogP contribution >= 0.6 is 0 Å². The van der Waals surface area contributed by atoms with Gasteiger partial charge < -0.3 is 9.16 Å². The van der Waals surface area contributed by atoms with E-state index in [0.29, 0.717) is 5.92 Å². The van der Waals surface area contributed by atoms with Crippen molar-refractivity contribution >= 4 is 24.7 Å². The minimum Gasteiger partial charge on any atom is -0.457 e. The van der Waals surface area contributed by atoms with Gasteiger partial charge in [0, 0.05) is 11.7 Å². The highest BCUT2D eigenvalue weighted by Gasteiger charge is 2.51. The van der Waals surface area contributed by atoms with Crippen molar-refractivity contribution in [3.8, 4) is 0 Å². The molecule has 1 fully saturated rings. The van der Waals surface area contributed by atoms with Crippen LogP contribution in [0.3, 0.4) is 0 Å². The molecule has 0 saturated heterocycles. The van der Waals surface area contributed by atoms with Gasteiger partial charge in [0.25, 0.3) is 8.32 Å². The van der Waals surface area contributed by atoms with Gasteiger partial charge in [-0.1, -0.05) is 108 Å². The number of allylic oxidation sites excluding steroid dienone is 1. The van der Waals surface area contributed by atoms with Gasteiger partial charge in [0.1, 0.15) is 5.60 Å². The normalized spacial score (nSPS) is 19.6. The molecule has 2 aromatic carbocycles. The molecule has 0 unspecified atom stereocenters. The third-order valence-electron chi connectivity index (χ3n) is 7.42. The summed E-state index contributed by atoms with van der Waals surface area (Å²) < 4.78 is 13.1. The van der Waals surface area contributed by atoms with Crippen LogP contribution in [0.1, 0.15) is 87.5 Å². The van der Waals surface area contributed by atoms with E-state index < -0.39 is 13.9 Å². The lowest BCUT2D eigenvalue weighted by Crippen LogP contribution is -2.67. The Kier molecular flexibility index (Phi) is 9.63. The molecule has 0 radical (unpaired) electrons. The monoisotopic (exact) mass is 520 g/mol. The van der Waals surface area contributed by atoms with Crippen molar-refractivity contribution in [2.24, 2.45) is 11.8 Å². The van der Waals surface area contributed by atoms with Crippen LogP contribution in [0, 0.1) is 11.8 Å². The van der Waals surface area contributed by atoms with E-state index in [-0.39, 0.29) is 23.0 Å². The Morgan fingerprint density at radius 2 is 1.46 bits per heavy atom. The van der Waals surface area contributed by atoms with Gasteiger partial charge >= 0.3 is 5.97 Å².